The third-order valence-corrected chi connectivity index (χ3v) is 6.39. The third-order valence-electron chi connectivity index (χ3n) is 6.39. The van der Waals surface area contributed by atoms with Crippen molar-refractivity contribution >= 4 is 5.91 Å². The number of carbonyl (C=O) groups excluding carboxylic acids is 1. The molecule has 0 radical (unpaired) electrons. The molecule has 1 atom stereocenters. The number of carbonyl (C=O) groups is 1. The summed E-state index contributed by atoms with van der Waals surface area (Å²) in [4.78, 5) is 17.6. The van der Waals surface area contributed by atoms with E-state index in [9.17, 15) is 4.79 Å². The molecule has 0 spiro atoms. The van der Waals surface area contributed by atoms with E-state index in [0.717, 1.165) is 36.2 Å². The lowest BCUT2D eigenvalue weighted by Crippen LogP contribution is -2.30. The molecule has 0 saturated carbocycles. The zero-order valence-electron chi connectivity index (χ0n) is 18.5. The van der Waals surface area contributed by atoms with Crippen LogP contribution in [0.5, 0.6) is 0 Å². The van der Waals surface area contributed by atoms with Crippen molar-refractivity contribution in [2.45, 2.75) is 39.2 Å². The summed E-state index contributed by atoms with van der Waals surface area (Å²) in [7, 11) is 0. The zero-order valence-corrected chi connectivity index (χ0v) is 18.5. The minimum Gasteiger partial charge on any atom is -0.345 e. The molecule has 0 unspecified atom stereocenters. The van der Waals surface area contributed by atoms with Crippen LogP contribution in [0.3, 0.4) is 0 Å². The fourth-order valence-electron chi connectivity index (χ4n) is 4.77. The van der Waals surface area contributed by atoms with Gasteiger partial charge in [0.15, 0.2) is 0 Å². The smallest absolute Gasteiger partial charge is 0.251 e. The quantitative estimate of drug-likeness (QED) is 0.442. The molecule has 1 amide bonds. The summed E-state index contributed by atoms with van der Waals surface area (Å²) >= 11 is 0. The van der Waals surface area contributed by atoms with Gasteiger partial charge in [0.25, 0.3) is 5.91 Å². The fourth-order valence-corrected chi connectivity index (χ4v) is 4.77. The van der Waals surface area contributed by atoms with Crippen molar-refractivity contribution in [1.82, 2.24) is 14.9 Å². The van der Waals surface area contributed by atoms with Crippen molar-refractivity contribution in [2.75, 3.05) is 0 Å². The molecular formula is C28H27N3O. The number of amides is 1. The number of benzene rings is 2. The van der Waals surface area contributed by atoms with Crippen LogP contribution in [0.15, 0.2) is 79.0 Å². The van der Waals surface area contributed by atoms with Gasteiger partial charge < -0.3 is 9.88 Å². The summed E-state index contributed by atoms with van der Waals surface area (Å²) in [6.45, 7) is 4.20. The maximum atomic E-state index is 13.0. The van der Waals surface area contributed by atoms with Crippen LogP contribution >= 0.6 is 0 Å². The molecule has 4 heteroatoms. The summed E-state index contributed by atoms with van der Waals surface area (Å²) in [6, 6.07) is 24.6. The Hall–Kier alpha value is -3.66. The van der Waals surface area contributed by atoms with Gasteiger partial charge in [-0.1, -0.05) is 36.4 Å². The van der Waals surface area contributed by atoms with E-state index in [2.05, 4.69) is 71.2 Å². The number of pyridine rings is 1. The molecule has 0 saturated heterocycles. The molecular weight excluding hydrogens is 394 g/mol. The van der Waals surface area contributed by atoms with E-state index >= 15 is 0 Å². The number of nitrogens with one attached hydrogen (secondary N) is 1. The van der Waals surface area contributed by atoms with Crippen molar-refractivity contribution in [3.8, 4) is 16.9 Å². The van der Waals surface area contributed by atoms with Crippen LogP contribution in [0, 0.1) is 13.8 Å². The Morgan fingerprint density at radius 2 is 1.69 bits per heavy atom. The standard InChI is InChI=1S/C28H27N3O/c1-19-12-13-20(2)31(19)26-11-6-18-29-27(26)22-14-16-23(17-15-22)28(32)30-25-10-5-8-21-7-3-4-9-24(21)25/h3-4,6-7,9,11-18,25H,5,8,10H2,1-2H3,(H,30,32)/t25-/m1/s1. The highest BCUT2D eigenvalue weighted by molar-refractivity contribution is 5.95. The molecule has 2 aromatic carbocycles. The van der Waals surface area contributed by atoms with Gasteiger partial charge in [0.05, 0.1) is 17.4 Å². The average molecular weight is 422 g/mol. The number of hydrogen-bond acceptors (Lipinski definition) is 2. The maximum Gasteiger partial charge on any atom is 0.251 e. The van der Waals surface area contributed by atoms with Gasteiger partial charge in [0.1, 0.15) is 0 Å². The lowest BCUT2D eigenvalue weighted by Gasteiger charge is -2.26. The highest BCUT2D eigenvalue weighted by atomic mass is 16.1. The van der Waals surface area contributed by atoms with Crippen molar-refractivity contribution in [3.05, 3.63) is 107 Å². The minimum absolute atomic E-state index is 0.0309. The van der Waals surface area contributed by atoms with E-state index in [1.807, 2.05) is 36.5 Å². The highest BCUT2D eigenvalue weighted by Gasteiger charge is 2.22. The molecule has 1 N–H and O–H groups in total. The first-order chi connectivity index (χ1) is 15.6. The van der Waals surface area contributed by atoms with Gasteiger partial charge in [0.2, 0.25) is 0 Å². The molecule has 0 aliphatic heterocycles. The Balaban J connectivity index is 1.40. The predicted octanol–water partition coefficient (Wildman–Crippen LogP) is 5.96. The molecule has 1 aliphatic carbocycles. The first-order valence-corrected chi connectivity index (χ1v) is 11.2. The van der Waals surface area contributed by atoms with E-state index in [1.54, 1.807) is 0 Å². The summed E-state index contributed by atoms with van der Waals surface area (Å²) in [5.74, 6) is -0.0309. The van der Waals surface area contributed by atoms with Crippen LogP contribution in [0.25, 0.3) is 16.9 Å². The minimum atomic E-state index is -0.0309. The number of nitrogens with zero attached hydrogens (tertiary/aromatic N) is 2. The Morgan fingerprint density at radius 1 is 0.938 bits per heavy atom. The van der Waals surface area contributed by atoms with Crippen LogP contribution < -0.4 is 5.32 Å². The van der Waals surface area contributed by atoms with Gasteiger partial charge in [-0.2, -0.15) is 0 Å². The SMILES string of the molecule is Cc1ccc(C)n1-c1cccnc1-c1ccc(C(=O)N[C@@H]2CCCc3ccccc32)cc1. The summed E-state index contributed by atoms with van der Waals surface area (Å²) in [5, 5.41) is 3.24. The van der Waals surface area contributed by atoms with Crippen molar-refractivity contribution in [1.29, 1.82) is 0 Å². The van der Waals surface area contributed by atoms with Gasteiger partial charge in [0, 0.05) is 28.7 Å². The molecule has 2 heterocycles. The number of aryl methyl sites for hydroxylation is 3. The van der Waals surface area contributed by atoms with E-state index < -0.39 is 0 Å². The monoisotopic (exact) mass is 421 g/mol. The summed E-state index contributed by atoms with van der Waals surface area (Å²) in [5.41, 5.74) is 8.54. The first kappa shape index (κ1) is 20.3. The van der Waals surface area contributed by atoms with Gasteiger partial charge in [-0.3, -0.25) is 9.78 Å². The summed E-state index contributed by atoms with van der Waals surface area (Å²) < 4.78 is 2.21. The Kier molecular flexibility index (Phi) is 5.36. The molecule has 4 nitrogen and oxygen atoms in total. The van der Waals surface area contributed by atoms with E-state index in [-0.39, 0.29) is 11.9 Å². The van der Waals surface area contributed by atoms with Crippen LogP contribution in [0.1, 0.15) is 51.8 Å². The molecule has 1 aliphatic rings. The van der Waals surface area contributed by atoms with E-state index in [1.165, 1.54) is 22.5 Å². The van der Waals surface area contributed by atoms with E-state index in [0.29, 0.717) is 5.56 Å². The lowest BCUT2D eigenvalue weighted by atomic mass is 9.87. The average Bonchev–Trinajstić information content (AvgIpc) is 3.17. The maximum absolute atomic E-state index is 13.0. The predicted molar refractivity (Wildman–Crippen MR) is 128 cm³/mol. The highest BCUT2D eigenvalue weighted by Crippen LogP contribution is 2.30. The zero-order chi connectivity index (χ0) is 22.1. The van der Waals surface area contributed by atoms with Crippen LogP contribution in [-0.2, 0) is 6.42 Å². The van der Waals surface area contributed by atoms with Crippen molar-refractivity contribution in [2.24, 2.45) is 0 Å². The van der Waals surface area contributed by atoms with Gasteiger partial charge in [-0.05, 0) is 80.6 Å². The van der Waals surface area contributed by atoms with Gasteiger partial charge in [-0.25, -0.2) is 0 Å². The number of fused-ring (bicyclic) bond motifs is 1. The second-order valence-corrected chi connectivity index (χ2v) is 8.52. The first-order valence-electron chi connectivity index (χ1n) is 11.2. The number of rotatable bonds is 4. The Bertz CT molecular complexity index is 1250. The molecule has 0 bridgehead atoms. The number of hydrogen-bond donors (Lipinski definition) is 1. The Labute approximate surface area is 189 Å². The second-order valence-electron chi connectivity index (χ2n) is 8.52. The largest absolute Gasteiger partial charge is 0.345 e. The van der Waals surface area contributed by atoms with E-state index in [4.69, 9.17) is 0 Å². The van der Waals surface area contributed by atoms with Crippen molar-refractivity contribution < 1.29 is 4.79 Å². The number of aromatic nitrogens is 2. The van der Waals surface area contributed by atoms with Gasteiger partial charge in [-0.15, -0.1) is 0 Å². The van der Waals surface area contributed by atoms with Crippen molar-refractivity contribution in [3.63, 3.8) is 0 Å². The van der Waals surface area contributed by atoms with Crippen LogP contribution in [0.2, 0.25) is 0 Å². The molecule has 4 aromatic rings. The topological polar surface area (TPSA) is 46.9 Å². The molecule has 160 valence electrons. The van der Waals surface area contributed by atoms with Crippen LogP contribution in [0.4, 0.5) is 0 Å². The normalized spacial score (nSPS) is 15.2. The molecule has 2 aromatic heterocycles. The second kappa shape index (κ2) is 8.46. The van der Waals surface area contributed by atoms with Crippen LogP contribution in [-0.4, -0.2) is 15.5 Å². The molecule has 32 heavy (non-hydrogen) atoms. The third kappa shape index (κ3) is 3.73. The lowest BCUT2D eigenvalue weighted by molar-refractivity contribution is 0.0933. The molecule has 0 fully saturated rings. The Morgan fingerprint density at radius 3 is 2.47 bits per heavy atom. The summed E-state index contributed by atoms with van der Waals surface area (Å²) in [6.07, 6.45) is 4.98. The fraction of sp³-hybridized carbons (Fsp3) is 0.214. The van der Waals surface area contributed by atoms with Gasteiger partial charge >= 0.3 is 0 Å². The molecule has 5 rings (SSSR count).